The molecule has 4 rings (SSSR count). The van der Waals surface area contributed by atoms with Crippen LogP contribution in [0.25, 0.3) is 0 Å². The Morgan fingerprint density at radius 1 is 1.09 bits per heavy atom. The van der Waals surface area contributed by atoms with Crippen LogP contribution in [0.1, 0.15) is 60.1 Å². The number of halogens is 2. The number of benzene rings is 1. The van der Waals surface area contributed by atoms with Crippen molar-refractivity contribution >= 4 is 46.7 Å². The van der Waals surface area contributed by atoms with Gasteiger partial charge in [-0.05, 0) is 49.4 Å². The Morgan fingerprint density at radius 2 is 1.71 bits per heavy atom. The number of urea groups is 1. The number of imide groups is 1. The molecule has 0 radical (unpaired) electrons. The molecule has 0 atom stereocenters. The number of piperidine rings is 1. The highest BCUT2D eigenvalue weighted by Gasteiger charge is 2.48. The lowest BCUT2D eigenvalue weighted by Crippen LogP contribution is -2.51. The minimum absolute atomic E-state index is 0.149. The summed E-state index contributed by atoms with van der Waals surface area (Å²) in [7, 11) is 0. The molecule has 1 aromatic carbocycles. The van der Waals surface area contributed by atoms with Gasteiger partial charge in [0, 0.05) is 53.3 Å². The van der Waals surface area contributed by atoms with E-state index in [2.05, 4.69) is 22.1 Å². The molecule has 1 saturated heterocycles. The molecular weight excluding hydrogens is 489 g/mol. The fraction of sp³-hybridized carbons (Fsp3) is 0.346. The van der Waals surface area contributed by atoms with Gasteiger partial charge in [0.15, 0.2) is 0 Å². The lowest BCUT2D eigenvalue weighted by atomic mass is 9.63. The van der Waals surface area contributed by atoms with Gasteiger partial charge in [0.1, 0.15) is 23.2 Å². The third-order valence-electron chi connectivity index (χ3n) is 6.61. The van der Waals surface area contributed by atoms with Crippen molar-refractivity contribution < 1.29 is 19.2 Å². The molecule has 1 spiro atoms. The molecule has 2 heterocycles. The number of amides is 3. The predicted octanol–water partition coefficient (Wildman–Crippen LogP) is 4.41. The van der Waals surface area contributed by atoms with E-state index in [1.807, 2.05) is 0 Å². The average molecular weight is 512 g/mol. The minimum atomic E-state index is -0.999. The van der Waals surface area contributed by atoms with Gasteiger partial charge in [0.05, 0.1) is 0 Å². The number of aromatic nitrogens is 1. The Kier molecular flexibility index (Phi) is 7.25. The Morgan fingerprint density at radius 3 is 2.26 bits per heavy atom. The maximum absolute atomic E-state index is 13.2. The smallest absolute Gasteiger partial charge is 0.324 e. The number of carbonyl (C=O) groups is 4. The monoisotopic (exact) mass is 511 g/mol. The van der Waals surface area contributed by atoms with Gasteiger partial charge in [-0.2, -0.15) is 0 Å². The molecule has 0 bridgehead atoms. The zero-order valence-electron chi connectivity index (χ0n) is 19.1. The summed E-state index contributed by atoms with van der Waals surface area (Å²) >= 11 is 12.8. The highest BCUT2D eigenvalue weighted by molar-refractivity contribution is 6.37. The van der Waals surface area contributed by atoms with Crippen molar-refractivity contribution in [1.82, 2.24) is 15.2 Å². The highest BCUT2D eigenvalue weighted by Crippen LogP contribution is 2.47. The molecule has 2 aromatic rings. The van der Waals surface area contributed by atoms with Crippen molar-refractivity contribution in [2.75, 3.05) is 13.1 Å². The van der Waals surface area contributed by atoms with E-state index in [0.29, 0.717) is 37.1 Å². The van der Waals surface area contributed by atoms with Crippen LogP contribution in [0.3, 0.4) is 0 Å². The Hall–Kier alpha value is -3.21. The third kappa shape index (κ3) is 5.24. The van der Waals surface area contributed by atoms with Crippen LogP contribution in [0.5, 0.6) is 0 Å². The van der Waals surface area contributed by atoms with E-state index >= 15 is 0 Å². The zero-order valence-corrected chi connectivity index (χ0v) is 20.6. The largest absolute Gasteiger partial charge is 0.324 e. The number of rotatable bonds is 2. The average Bonchev–Trinajstić information content (AvgIpc) is 2.81. The summed E-state index contributed by atoms with van der Waals surface area (Å²) in [5.74, 6) is 3.62. The molecule has 1 N–H and O–H groups in total. The number of pyridine rings is 1. The molecule has 1 aliphatic heterocycles. The number of ketones is 2. The van der Waals surface area contributed by atoms with Crippen molar-refractivity contribution in [2.45, 2.75) is 38.5 Å². The van der Waals surface area contributed by atoms with Crippen LogP contribution in [-0.2, 0) is 9.59 Å². The van der Waals surface area contributed by atoms with Crippen molar-refractivity contribution in [3.63, 3.8) is 0 Å². The summed E-state index contributed by atoms with van der Waals surface area (Å²) in [6.45, 7) is 2.35. The molecule has 1 aromatic heterocycles. The molecular formula is C26H23Cl2N3O4. The standard InChI is InChI=1S/C26H23Cl2N3O4/c1-2-5-16-12-17(27)22(18(28)13-16)23-20(32)14-26(15-21(23)33)7-10-31(11-8-26)25(35)30-24(34)19-6-3-4-9-29-19/h3-4,6,9,12-13,23H,7-8,10-11,14-15H2,1H3,(H,30,34,35). The van der Waals surface area contributed by atoms with Gasteiger partial charge in [-0.1, -0.05) is 35.2 Å². The number of hydrogen-bond acceptors (Lipinski definition) is 5. The molecule has 2 aliphatic rings. The van der Waals surface area contributed by atoms with E-state index in [1.165, 1.54) is 17.2 Å². The minimum Gasteiger partial charge on any atom is -0.324 e. The molecule has 7 nitrogen and oxygen atoms in total. The van der Waals surface area contributed by atoms with E-state index in [4.69, 9.17) is 23.2 Å². The highest BCUT2D eigenvalue weighted by atomic mass is 35.5. The molecule has 2 fully saturated rings. The van der Waals surface area contributed by atoms with E-state index in [1.54, 1.807) is 31.2 Å². The van der Waals surface area contributed by atoms with Crippen molar-refractivity contribution in [3.05, 3.63) is 63.4 Å². The molecule has 1 aliphatic carbocycles. The molecule has 180 valence electrons. The van der Waals surface area contributed by atoms with Gasteiger partial charge in [-0.25, -0.2) is 4.79 Å². The molecule has 0 unspecified atom stereocenters. The summed E-state index contributed by atoms with van der Waals surface area (Å²) in [6, 6.07) is 7.58. The maximum Gasteiger partial charge on any atom is 0.324 e. The second kappa shape index (κ2) is 10.2. The SMILES string of the molecule is CC#Cc1cc(Cl)c(C2C(=O)CC3(CCN(C(=O)NC(=O)c4ccccn4)CC3)CC2=O)c(Cl)c1. The second-order valence-electron chi connectivity index (χ2n) is 8.91. The van der Waals surface area contributed by atoms with Crippen molar-refractivity contribution in [3.8, 4) is 11.8 Å². The van der Waals surface area contributed by atoms with E-state index < -0.39 is 23.3 Å². The fourth-order valence-corrected chi connectivity index (χ4v) is 5.56. The lowest BCUT2D eigenvalue weighted by Gasteiger charge is -2.44. The summed E-state index contributed by atoms with van der Waals surface area (Å²) in [6.07, 6.45) is 2.84. The summed E-state index contributed by atoms with van der Waals surface area (Å²) in [4.78, 5) is 56.6. The van der Waals surface area contributed by atoms with E-state index in [9.17, 15) is 19.2 Å². The van der Waals surface area contributed by atoms with Gasteiger partial charge in [-0.15, -0.1) is 5.92 Å². The summed E-state index contributed by atoms with van der Waals surface area (Å²) < 4.78 is 0. The van der Waals surface area contributed by atoms with Crippen LogP contribution < -0.4 is 5.32 Å². The Balaban J connectivity index is 1.42. The normalized spacial score (nSPS) is 17.6. The van der Waals surface area contributed by atoms with Crippen LogP contribution in [-0.4, -0.2) is 46.5 Å². The second-order valence-corrected chi connectivity index (χ2v) is 9.72. The first-order valence-electron chi connectivity index (χ1n) is 11.2. The number of carbonyl (C=O) groups excluding carboxylic acids is 4. The molecule has 3 amide bonds. The van der Waals surface area contributed by atoms with E-state index in [-0.39, 0.29) is 40.1 Å². The number of hydrogen-bond donors (Lipinski definition) is 1. The van der Waals surface area contributed by atoms with Crippen LogP contribution >= 0.6 is 23.2 Å². The van der Waals surface area contributed by atoms with Crippen molar-refractivity contribution in [2.24, 2.45) is 5.41 Å². The molecule has 9 heteroatoms. The topological polar surface area (TPSA) is 96.4 Å². The zero-order chi connectivity index (χ0) is 25.2. The summed E-state index contributed by atoms with van der Waals surface area (Å²) in [5.41, 5.74) is 0.588. The number of nitrogens with one attached hydrogen (secondary N) is 1. The molecule has 35 heavy (non-hydrogen) atoms. The van der Waals surface area contributed by atoms with Crippen LogP contribution in [0.15, 0.2) is 36.5 Å². The Bertz CT molecular complexity index is 1220. The maximum atomic E-state index is 13.2. The first-order chi connectivity index (χ1) is 16.7. The Labute approximate surface area is 213 Å². The first kappa shape index (κ1) is 24.9. The third-order valence-corrected chi connectivity index (χ3v) is 7.23. The fourth-order valence-electron chi connectivity index (χ4n) is 4.86. The van der Waals surface area contributed by atoms with Gasteiger partial charge in [0.25, 0.3) is 5.91 Å². The lowest BCUT2D eigenvalue weighted by molar-refractivity contribution is -0.138. The van der Waals surface area contributed by atoms with E-state index in [0.717, 1.165) is 0 Å². The number of Topliss-reactive ketones (excluding diaryl/α,β-unsaturated/α-hetero) is 2. The van der Waals surface area contributed by atoms with Gasteiger partial charge >= 0.3 is 6.03 Å². The van der Waals surface area contributed by atoms with Crippen molar-refractivity contribution in [1.29, 1.82) is 0 Å². The van der Waals surface area contributed by atoms with Gasteiger partial charge < -0.3 is 4.90 Å². The first-order valence-corrected chi connectivity index (χ1v) is 12.0. The van der Waals surface area contributed by atoms with Crippen LogP contribution in [0.2, 0.25) is 10.0 Å². The van der Waals surface area contributed by atoms with Gasteiger partial charge in [0.2, 0.25) is 0 Å². The predicted molar refractivity (Wildman–Crippen MR) is 131 cm³/mol. The quantitative estimate of drug-likeness (QED) is 0.475. The van der Waals surface area contributed by atoms with Crippen LogP contribution in [0.4, 0.5) is 4.79 Å². The van der Waals surface area contributed by atoms with Crippen LogP contribution in [0, 0.1) is 17.3 Å². The van der Waals surface area contributed by atoms with Gasteiger partial charge in [-0.3, -0.25) is 24.7 Å². The number of likely N-dealkylation sites (tertiary alicyclic amines) is 1. The summed E-state index contributed by atoms with van der Waals surface area (Å²) in [5, 5.41) is 2.85. The molecule has 1 saturated carbocycles. The number of nitrogens with zero attached hydrogens (tertiary/aromatic N) is 2.